The summed E-state index contributed by atoms with van der Waals surface area (Å²) in [6.07, 6.45) is 2.25. The lowest BCUT2D eigenvalue weighted by atomic mass is 10.1. The molecule has 1 aromatic heterocycles. The highest BCUT2D eigenvalue weighted by atomic mass is 32.1. The first-order valence-electron chi connectivity index (χ1n) is 5.76. The van der Waals surface area contributed by atoms with Crippen LogP contribution in [-0.2, 0) is 0 Å². The summed E-state index contributed by atoms with van der Waals surface area (Å²) in [5.41, 5.74) is 3.12. The van der Waals surface area contributed by atoms with E-state index in [1.807, 2.05) is 24.3 Å². The van der Waals surface area contributed by atoms with Gasteiger partial charge in [-0.1, -0.05) is 12.1 Å². The van der Waals surface area contributed by atoms with E-state index in [4.69, 9.17) is 0 Å². The third kappa shape index (κ3) is 2.39. The highest BCUT2D eigenvalue weighted by Crippen LogP contribution is 2.23. The van der Waals surface area contributed by atoms with Crippen LogP contribution >= 0.6 is 11.3 Å². The van der Waals surface area contributed by atoms with Gasteiger partial charge in [-0.3, -0.25) is 4.79 Å². The van der Waals surface area contributed by atoms with Gasteiger partial charge < -0.3 is 5.32 Å². The van der Waals surface area contributed by atoms with Crippen molar-refractivity contribution in [2.75, 3.05) is 0 Å². The predicted molar refractivity (Wildman–Crippen MR) is 70.2 cm³/mol. The van der Waals surface area contributed by atoms with Gasteiger partial charge in [0.1, 0.15) is 0 Å². The molecule has 1 N–H and O–H groups in total. The first-order valence-corrected chi connectivity index (χ1v) is 6.71. The summed E-state index contributed by atoms with van der Waals surface area (Å²) in [5, 5.41) is 7.16. The second kappa shape index (κ2) is 4.34. The smallest absolute Gasteiger partial charge is 0.251 e. The number of rotatable bonds is 3. The molecule has 0 spiro atoms. The lowest BCUT2D eigenvalue weighted by Crippen LogP contribution is -2.25. The molecule has 0 unspecified atom stereocenters. The van der Waals surface area contributed by atoms with Crippen molar-refractivity contribution < 1.29 is 4.79 Å². The van der Waals surface area contributed by atoms with Gasteiger partial charge in [0.05, 0.1) is 0 Å². The number of hydrogen-bond donors (Lipinski definition) is 1. The van der Waals surface area contributed by atoms with E-state index < -0.39 is 0 Å². The van der Waals surface area contributed by atoms with Crippen molar-refractivity contribution in [1.29, 1.82) is 0 Å². The van der Waals surface area contributed by atoms with Crippen LogP contribution in [0.5, 0.6) is 0 Å². The quantitative estimate of drug-likeness (QED) is 0.880. The molecule has 0 atom stereocenters. The van der Waals surface area contributed by atoms with Gasteiger partial charge in [-0.15, -0.1) is 0 Å². The van der Waals surface area contributed by atoms with Crippen LogP contribution in [0.2, 0.25) is 0 Å². The van der Waals surface area contributed by atoms with E-state index in [-0.39, 0.29) is 5.91 Å². The summed E-state index contributed by atoms with van der Waals surface area (Å²) in [6, 6.07) is 10.3. The average molecular weight is 243 g/mol. The summed E-state index contributed by atoms with van der Waals surface area (Å²) in [6.45, 7) is 0. The molecule has 2 nitrogen and oxygen atoms in total. The van der Waals surface area contributed by atoms with Gasteiger partial charge in [0.15, 0.2) is 0 Å². The van der Waals surface area contributed by atoms with E-state index >= 15 is 0 Å². The Morgan fingerprint density at radius 3 is 2.47 bits per heavy atom. The predicted octanol–water partition coefficient (Wildman–Crippen LogP) is 3.31. The van der Waals surface area contributed by atoms with E-state index in [1.165, 1.54) is 5.56 Å². The minimum Gasteiger partial charge on any atom is -0.349 e. The van der Waals surface area contributed by atoms with Crippen LogP contribution in [0.1, 0.15) is 23.2 Å². The Bertz CT molecular complexity index is 512. The van der Waals surface area contributed by atoms with E-state index in [1.54, 1.807) is 11.3 Å². The summed E-state index contributed by atoms with van der Waals surface area (Å²) in [7, 11) is 0. The van der Waals surface area contributed by atoms with Crippen LogP contribution in [0.15, 0.2) is 41.1 Å². The van der Waals surface area contributed by atoms with Crippen molar-refractivity contribution in [2.45, 2.75) is 18.9 Å². The van der Waals surface area contributed by atoms with Gasteiger partial charge in [0.25, 0.3) is 5.91 Å². The Kier molecular flexibility index (Phi) is 2.69. The summed E-state index contributed by atoms with van der Waals surface area (Å²) >= 11 is 1.68. The van der Waals surface area contributed by atoms with Gasteiger partial charge in [0, 0.05) is 11.6 Å². The maximum atomic E-state index is 11.8. The van der Waals surface area contributed by atoms with Crippen molar-refractivity contribution in [2.24, 2.45) is 0 Å². The molecule has 2 aromatic rings. The zero-order valence-corrected chi connectivity index (χ0v) is 10.2. The van der Waals surface area contributed by atoms with Crippen LogP contribution in [0.4, 0.5) is 0 Å². The molecular formula is C14H13NOS. The molecule has 0 saturated heterocycles. The molecule has 0 aliphatic heterocycles. The Morgan fingerprint density at radius 1 is 1.12 bits per heavy atom. The number of hydrogen-bond acceptors (Lipinski definition) is 2. The van der Waals surface area contributed by atoms with Crippen LogP contribution in [0, 0.1) is 0 Å². The molecule has 1 saturated carbocycles. The minimum absolute atomic E-state index is 0.0457. The van der Waals surface area contributed by atoms with Gasteiger partial charge in [-0.25, -0.2) is 0 Å². The minimum atomic E-state index is 0.0457. The third-order valence-corrected chi connectivity index (χ3v) is 3.60. The molecule has 1 amide bonds. The molecule has 1 heterocycles. The van der Waals surface area contributed by atoms with Crippen molar-refractivity contribution in [1.82, 2.24) is 5.32 Å². The summed E-state index contributed by atoms with van der Waals surface area (Å²) in [4.78, 5) is 11.8. The molecular weight excluding hydrogens is 230 g/mol. The molecule has 3 rings (SSSR count). The van der Waals surface area contributed by atoms with Crippen molar-refractivity contribution in [3.05, 3.63) is 46.7 Å². The van der Waals surface area contributed by atoms with Crippen LogP contribution in [-0.4, -0.2) is 11.9 Å². The average Bonchev–Trinajstić information content (AvgIpc) is 3.00. The SMILES string of the molecule is O=C(NC1CC1)c1ccc(-c2ccsc2)cc1. The number of carbonyl (C=O) groups excluding carboxylic acids is 1. The number of carbonyl (C=O) groups is 1. The zero-order chi connectivity index (χ0) is 11.7. The highest BCUT2D eigenvalue weighted by Gasteiger charge is 2.23. The molecule has 0 radical (unpaired) electrons. The number of amides is 1. The Balaban J connectivity index is 1.77. The maximum Gasteiger partial charge on any atom is 0.251 e. The Morgan fingerprint density at radius 2 is 1.88 bits per heavy atom. The fraction of sp³-hybridized carbons (Fsp3) is 0.214. The van der Waals surface area contributed by atoms with E-state index in [2.05, 4.69) is 22.1 Å². The third-order valence-electron chi connectivity index (χ3n) is 2.91. The number of nitrogens with one attached hydrogen (secondary N) is 1. The molecule has 3 heteroatoms. The molecule has 1 aliphatic rings. The van der Waals surface area contributed by atoms with Gasteiger partial charge in [-0.05, 0) is 52.9 Å². The standard InChI is InChI=1S/C14H13NOS/c16-14(15-13-5-6-13)11-3-1-10(2-4-11)12-7-8-17-9-12/h1-4,7-9,13H,5-6H2,(H,15,16). The van der Waals surface area contributed by atoms with Gasteiger partial charge in [-0.2, -0.15) is 11.3 Å². The van der Waals surface area contributed by atoms with Crippen LogP contribution < -0.4 is 5.32 Å². The second-order valence-corrected chi connectivity index (χ2v) is 5.12. The fourth-order valence-electron chi connectivity index (χ4n) is 1.74. The molecule has 1 aliphatic carbocycles. The maximum absolute atomic E-state index is 11.8. The molecule has 1 fully saturated rings. The van der Waals surface area contributed by atoms with Crippen molar-refractivity contribution in [3.8, 4) is 11.1 Å². The normalized spacial score (nSPS) is 14.6. The first kappa shape index (κ1) is 10.5. The highest BCUT2D eigenvalue weighted by molar-refractivity contribution is 7.08. The Hall–Kier alpha value is -1.61. The topological polar surface area (TPSA) is 29.1 Å². The lowest BCUT2D eigenvalue weighted by molar-refractivity contribution is 0.0951. The van der Waals surface area contributed by atoms with Crippen molar-refractivity contribution >= 4 is 17.2 Å². The molecule has 17 heavy (non-hydrogen) atoms. The first-order chi connectivity index (χ1) is 8.33. The van der Waals surface area contributed by atoms with Gasteiger partial charge >= 0.3 is 0 Å². The molecule has 0 bridgehead atoms. The molecule has 1 aromatic carbocycles. The zero-order valence-electron chi connectivity index (χ0n) is 9.35. The lowest BCUT2D eigenvalue weighted by Gasteiger charge is -2.04. The van der Waals surface area contributed by atoms with E-state index in [0.717, 1.165) is 24.0 Å². The second-order valence-electron chi connectivity index (χ2n) is 4.34. The largest absolute Gasteiger partial charge is 0.349 e. The monoisotopic (exact) mass is 243 g/mol. The van der Waals surface area contributed by atoms with E-state index in [9.17, 15) is 4.79 Å². The van der Waals surface area contributed by atoms with Crippen molar-refractivity contribution in [3.63, 3.8) is 0 Å². The number of thiophene rings is 1. The number of benzene rings is 1. The van der Waals surface area contributed by atoms with Crippen LogP contribution in [0.25, 0.3) is 11.1 Å². The van der Waals surface area contributed by atoms with E-state index in [0.29, 0.717) is 6.04 Å². The van der Waals surface area contributed by atoms with Gasteiger partial charge in [0.2, 0.25) is 0 Å². The summed E-state index contributed by atoms with van der Waals surface area (Å²) in [5.74, 6) is 0.0457. The fourth-order valence-corrected chi connectivity index (χ4v) is 2.40. The Labute approximate surface area is 104 Å². The molecule has 86 valence electrons. The van der Waals surface area contributed by atoms with Crippen LogP contribution in [0.3, 0.4) is 0 Å². The summed E-state index contributed by atoms with van der Waals surface area (Å²) < 4.78 is 0.